The molecule has 3 rings (SSSR count). The summed E-state index contributed by atoms with van der Waals surface area (Å²) >= 11 is 0. The van der Waals surface area contributed by atoms with Crippen LogP contribution in [-0.4, -0.2) is 41.2 Å². The molecule has 0 aliphatic carbocycles. The molecule has 1 aliphatic rings. The van der Waals surface area contributed by atoms with Crippen molar-refractivity contribution in [1.82, 2.24) is 0 Å². The van der Waals surface area contributed by atoms with Gasteiger partial charge < -0.3 is 20.9 Å². The lowest BCUT2D eigenvalue weighted by molar-refractivity contribution is 0.0832. The number of rotatable bonds is 5. The van der Waals surface area contributed by atoms with Crippen LogP contribution >= 0.6 is 0 Å². The number of nitrogens with two attached hydrogens (primary N) is 2. The summed E-state index contributed by atoms with van der Waals surface area (Å²) in [7, 11) is -6.16. The van der Waals surface area contributed by atoms with Gasteiger partial charge in [0, 0.05) is 10.8 Å². The first kappa shape index (κ1) is 39.1. The van der Waals surface area contributed by atoms with Crippen LogP contribution in [0.2, 0.25) is 0 Å². The van der Waals surface area contributed by atoms with Crippen molar-refractivity contribution >= 4 is 31.7 Å². The Morgan fingerprint density at radius 2 is 1.20 bits per heavy atom. The first-order chi connectivity index (χ1) is 20.6. The molecular formula is C34H54N4O6S2. The summed E-state index contributed by atoms with van der Waals surface area (Å²) in [5.41, 5.74) is 15.7. The van der Waals surface area contributed by atoms with Gasteiger partial charge in [-0.05, 0) is 113 Å². The summed E-state index contributed by atoms with van der Waals surface area (Å²) < 4.78 is 70.2. The van der Waals surface area contributed by atoms with Crippen LogP contribution in [0.3, 0.4) is 0 Å². The minimum Gasteiger partial charge on any atom is -0.496 e. The number of aryl methyl sites for hydroxylation is 1. The van der Waals surface area contributed by atoms with Gasteiger partial charge in [-0.1, -0.05) is 41.5 Å². The summed E-state index contributed by atoms with van der Waals surface area (Å²) in [6.45, 7) is 25.9. The third kappa shape index (κ3) is 8.42. The molecule has 0 atom stereocenters. The Morgan fingerprint density at radius 3 is 1.63 bits per heavy atom. The van der Waals surface area contributed by atoms with Gasteiger partial charge in [-0.15, -0.1) is 8.80 Å². The summed E-state index contributed by atoms with van der Waals surface area (Å²) in [6, 6.07) is 1.71. The molecule has 258 valence electrons. The van der Waals surface area contributed by atoms with Gasteiger partial charge in [0.15, 0.2) is 0 Å². The van der Waals surface area contributed by atoms with Crippen LogP contribution in [0.15, 0.2) is 24.7 Å². The molecule has 12 heteroatoms. The van der Waals surface area contributed by atoms with E-state index < -0.39 is 30.9 Å². The largest absolute Gasteiger partial charge is 0.496 e. The van der Waals surface area contributed by atoms with Gasteiger partial charge in [-0.25, -0.2) is 0 Å². The van der Waals surface area contributed by atoms with Crippen LogP contribution in [-0.2, 0) is 26.5 Å². The van der Waals surface area contributed by atoms with E-state index in [9.17, 15) is 16.8 Å². The van der Waals surface area contributed by atoms with Crippen molar-refractivity contribution in [3.8, 4) is 11.5 Å². The molecule has 0 saturated heterocycles. The Kier molecular flexibility index (Phi) is 11.2. The molecule has 0 spiro atoms. The van der Waals surface area contributed by atoms with E-state index in [1.807, 2.05) is 69.2 Å². The molecule has 0 bridgehead atoms. The first-order valence-corrected chi connectivity index (χ1v) is 18.1. The second-order valence-electron chi connectivity index (χ2n) is 14.8. The third-order valence-corrected chi connectivity index (χ3v) is 11.5. The Hall–Kier alpha value is -3.12. The molecule has 4 N–H and O–H groups in total. The number of benzene rings is 2. The van der Waals surface area contributed by atoms with Crippen molar-refractivity contribution in [3.63, 3.8) is 0 Å². The molecule has 0 fully saturated rings. The monoisotopic (exact) mass is 678 g/mol. The molecule has 0 saturated carbocycles. The van der Waals surface area contributed by atoms with Crippen LogP contribution in [0.1, 0.15) is 101 Å². The number of sulfonamides is 2. The normalized spacial score (nSPS) is 15.8. The fraction of sp³-hybridized carbons (Fsp3) is 0.588. The zero-order chi connectivity index (χ0) is 36.0. The average Bonchev–Trinajstić information content (AvgIpc) is 2.87. The lowest BCUT2D eigenvalue weighted by Gasteiger charge is -2.35. The predicted molar refractivity (Wildman–Crippen MR) is 187 cm³/mol. The molecular weight excluding hydrogens is 625 g/mol. The van der Waals surface area contributed by atoms with E-state index in [-0.39, 0.29) is 27.1 Å². The fourth-order valence-corrected chi connectivity index (χ4v) is 8.29. The number of methoxy groups -OCH3 is 1. The van der Waals surface area contributed by atoms with E-state index in [4.69, 9.17) is 20.9 Å². The van der Waals surface area contributed by atoms with Gasteiger partial charge in [0.05, 0.1) is 16.9 Å². The predicted octanol–water partition coefficient (Wildman–Crippen LogP) is 6.52. The van der Waals surface area contributed by atoms with E-state index in [0.717, 1.165) is 40.8 Å². The second kappa shape index (κ2) is 13.2. The molecule has 46 heavy (non-hydrogen) atoms. The van der Waals surface area contributed by atoms with Crippen molar-refractivity contribution in [2.75, 3.05) is 7.11 Å². The molecule has 0 unspecified atom stereocenters. The maximum absolute atomic E-state index is 13.0. The second-order valence-corrected chi connectivity index (χ2v) is 17.8. The van der Waals surface area contributed by atoms with E-state index in [0.29, 0.717) is 22.4 Å². The average molecular weight is 679 g/mol. The lowest BCUT2D eigenvalue weighted by Crippen LogP contribution is -2.34. The van der Waals surface area contributed by atoms with E-state index in [1.54, 1.807) is 27.0 Å². The highest BCUT2D eigenvalue weighted by molar-refractivity contribution is 7.90. The van der Waals surface area contributed by atoms with Crippen molar-refractivity contribution in [3.05, 3.63) is 45.0 Å². The van der Waals surface area contributed by atoms with Gasteiger partial charge >= 0.3 is 0 Å². The number of fused-ring (bicyclic) bond motifs is 1. The van der Waals surface area contributed by atoms with E-state index >= 15 is 0 Å². The van der Waals surface area contributed by atoms with Crippen LogP contribution in [0.4, 0.5) is 0 Å². The quantitative estimate of drug-likeness (QED) is 0.267. The van der Waals surface area contributed by atoms with Gasteiger partial charge in [0.1, 0.15) is 28.8 Å². The van der Waals surface area contributed by atoms with Gasteiger partial charge in [0.2, 0.25) is 0 Å². The van der Waals surface area contributed by atoms with Crippen LogP contribution in [0, 0.1) is 52.4 Å². The smallest absolute Gasteiger partial charge is 0.284 e. The summed E-state index contributed by atoms with van der Waals surface area (Å²) in [4.78, 5) is 0.465. The Bertz CT molecular complexity index is 1790. The van der Waals surface area contributed by atoms with Crippen molar-refractivity contribution in [2.45, 2.75) is 125 Å². The lowest BCUT2D eigenvalue weighted by atomic mass is 9.88. The summed E-state index contributed by atoms with van der Waals surface area (Å²) in [5.74, 6) is 1.68. The number of amidine groups is 2. The molecule has 0 amide bonds. The van der Waals surface area contributed by atoms with E-state index in [2.05, 4.69) is 22.6 Å². The first-order valence-electron chi connectivity index (χ1n) is 15.3. The van der Waals surface area contributed by atoms with Crippen molar-refractivity contribution in [2.24, 2.45) is 31.1 Å². The van der Waals surface area contributed by atoms with Gasteiger partial charge in [-0.2, -0.15) is 16.8 Å². The van der Waals surface area contributed by atoms with Crippen LogP contribution < -0.4 is 20.9 Å². The standard InChI is InChI=1S/C19H30N2O3S.C15H24N2O3S/c1-11-12(2)16(25(22,23)21-17(20)18(4,5)6)13(3)14-9-10-19(7,8)24-15(11)14;1-9-8-12(20-7)10(2)11(3)13(9)21(18,19)17-14(16)15(4,5)6/h9-10H2,1-8H3,(H2,20,21);8H,1-7H3,(H2,16,17). The zero-order valence-electron chi connectivity index (χ0n) is 30.3. The SMILES string of the molecule is COc1cc(C)c(S(=O)(=O)N=C(N)C(C)(C)C)c(C)c1C.Cc1c(C)c(S(=O)(=O)N=C(N)C(C)(C)C)c(C)c2c1OC(C)(C)CC2. The van der Waals surface area contributed by atoms with Gasteiger partial charge in [-0.3, -0.25) is 0 Å². The number of hydrogen-bond donors (Lipinski definition) is 2. The highest BCUT2D eigenvalue weighted by atomic mass is 32.2. The molecule has 1 heterocycles. The molecule has 0 aromatic heterocycles. The highest BCUT2D eigenvalue weighted by Crippen LogP contribution is 2.42. The minimum absolute atomic E-state index is 0.0924. The maximum atomic E-state index is 13.0. The van der Waals surface area contributed by atoms with Crippen molar-refractivity contribution in [1.29, 1.82) is 0 Å². The topological polar surface area (TPSA) is 164 Å². The number of nitrogens with zero attached hydrogens (tertiary/aromatic N) is 2. The molecule has 10 nitrogen and oxygen atoms in total. The maximum Gasteiger partial charge on any atom is 0.284 e. The number of ether oxygens (including phenoxy) is 2. The third-order valence-electron chi connectivity index (χ3n) is 8.35. The zero-order valence-corrected chi connectivity index (χ0v) is 31.9. The fourth-order valence-electron chi connectivity index (χ4n) is 4.99. The van der Waals surface area contributed by atoms with Crippen LogP contribution in [0.25, 0.3) is 0 Å². The Morgan fingerprint density at radius 1 is 0.761 bits per heavy atom. The highest BCUT2D eigenvalue weighted by Gasteiger charge is 2.34. The molecule has 2 aromatic carbocycles. The number of hydrogen-bond acceptors (Lipinski definition) is 6. The Labute approximate surface area is 277 Å². The molecule has 0 radical (unpaired) electrons. The van der Waals surface area contributed by atoms with Crippen LogP contribution in [0.5, 0.6) is 11.5 Å². The van der Waals surface area contributed by atoms with Gasteiger partial charge in [0.25, 0.3) is 20.0 Å². The Balaban J connectivity index is 0.000000326. The molecule has 2 aromatic rings. The summed E-state index contributed by atoms with van der Waals surface area (Å²) in [5, 5.41) is 0. The van der Waals surface area contributed by atoms with E-state index in [1.165, 1.54) is 0 Å². The van der Waals surface area contributed by atoms with Crippen molar-refractivity contribution < 1.29 is 26.3 Å². The summed E-state index contributed by atoms with van der Waals surface area (Å²) in [6.07, 6.45) is 1.63. The molecule has 1 aliphatic heterocycles. The minimum atomic E-state index is -3.88.